The highest BCUT2D eigenvalue weighted by molar-refractivity contribution is 5.68. The summed E-state index contributed by atoms with van der Waals surface area (Å²) in [5.41, 5.74) is 4.50. The van der Waals surface area contributed by atoms with Crippen molar-refractivity contribution in [3.05, 3.63) is 59.7 Å². The van der Waals surface area contributed by atoms with Gasteiger partial charge in [-0.25, -0.2) is 0 Å². The van der Waals surface area contributed by atoms with Crippen molar-refractivity contribution in [2.24, 2.45) is 5.92 Å². The first-order chi connectivity index (χ1) is 9.24. The van der Waals surface area contributed by atoms with Crippen molar-refractivity contribution >= 4 is 0 Å². The number of hydrogen-bond donors (Lipinski definition) is 0. The Morgan fingerprint density at radius 1 is 1.11 bits per heavy atom. The zero-order valence-corrected chi connectivity index (χ0v) is 11.6. The average molecular weight is 249 g/mol. The highest BCUT2D eigenvalue weighted by atomic mass is 14.2. The second-order valence-electron chi connectivity index (χ2n) is 5.07. The molecule has 0 spiro atoms. The van der Waals surface area contributed by atoms with Crippen LogP contribution in [0.3, 0.4) is 0 Å². The van der Waals surface area contributed by atoms with E-state index in [1.807, 2.05) is 18.2 Å². The molecule has 0 amide bonds. The summed E-state index contributed by atoms with van der Waals surface area (Å²) in [5, 5.41) is 9.06. The zero-order valence-electron chi connectivity index (χ0n) is 11.6. The summed E-state index contributed by atoms with van der Waals surface area (Å²) in [6.45, 7) is 4.47. The van der Waals surface area contributed by atoms with E-state index in [0.717, 1.165) is 18.4 Å². The molecule has 1 atom stereocenters. The van der Waals surface area contributed by atoms with Gasteiger partial charge in [-0.15, -0.1) is 0 Å². The average Bonchev–Trinajstić information content (AvgIpc) is 2.48. The molecule has 0 N–H and O–H groups in total. The predicted molar refractivity (Wildman–Crippen MR) is 79.8 cm³/mol. The molecule has 0 radical (unpaired) electrons. The summed E-state index contributed by atoms with van der Waals surface area (Å²) in [4.78, 5) is 0. The molecular formula is C18H19N. The van der Waals surface area contributed by atoms with Gasteiger partial charge >= 0.3 is 0 Å². The predicted octanol–water partition coefficient (Wildman–Crippen LogP) is 4.81. The molecule has 0 heterocycles. The third kappa shape index (κ3) is 3.23. The van der Waals surface area contributed by atoms with Gasteiger partial charge in [0, 0.05) is 0 Å². The number of hydrogen-bond acceptors (Lipinski definition) is 1. The van der Waals surface area contributed by atoms with Crippen LogP contribution < -0.4 is 0 Å². The van der Waals surface area contributed by atoms with Crippen LogP contribution in [0.4, 0.5) is 0 Å². The maximum atomic E-state index is 9.06. The fourth-order valence-electron chi connectivity index (χ4n) is 2.25. The molecule has 0 saturated heterocycles. The van der Waals surface area contributed by atoms with Crippen LogP contribution in [-0.4, -0.2) is 0 Å². The summed E-state index contributed by atoms with van der Waals surface area (Å²) in [7, 11) is 0. The van der Waals surface area contributed by atoms with Gasteiger partial charge in [0.2, 0.25) is 0 Å². The second kappa shape index (κ2) is 6.20. The summed E-state index contributed by atoms with van der Waals surface area (Å²) >= 11 is 0. The minimum Gasteiger partial charge on any atom is -0.192 e. The second-order valence-corrected chi connectivity index (χ2v) is 5.07. The highest BCUT2D eigenvalue weighted by Gasteiger charge is 2.09. The minimum absolute atomic E-state index is 0.636. The maximum absolute atomic E-state index is 9.06. The van der Waals surface area contributed by atoms with Crippen LogP contribution in [0.25, 0.3) is 11.1 Å². The molecule has 96 valence electrons. The van der Waals surface area contributed by atoms with E-state index in [9.17, 15) is 0 Å². The van der Waals surface area contributed by atoms with Crippen molar-refractivity contribution in [1.82, 2.24) is 0 Å². The molecule has 0 unspecified atom stereocenters. The molecule has 2 aromatic rings. The smallest absolute Gasteiger partial charge is 0.0991 e. The van der Waals surface area contributed by atoms with Crippen molar-refractivity contribution in [1.29, 1.82) is 5.26 Å². The van der Waals surface area contributed by atoms with Gasteiger partial charge in [0.25, 0.3) is 0 Å². The highest BCUT2D eigenvalue weighted by Crippen LogP contribution is 2.27. The summed E-state index contributed by atoms with van der Waals surface area (Å²) in [5.74, 6) is 0.636. The van der Waals surface area contributed by atoms with Crippen molar-refractivity contribution in [2.45, 2.75) is 26.7 Å². The molecule has 0 aliphatic carbocycles. The summed E-state index contributed by atoms with van der Waals surface area (Å²) < 4.78 is 0. The first kappa shape index (κ1) is 13.4. The van der Waals surface area contributed by atoms with Crippen LogP contribution in [-0.2, 0) is 6.42 Å². The number of benzene rings is 2. The molecule has 1 heteroatoms. The van der Waals surface area contributed by atoms with Gasteiger partial charge in [0.05, 0.1) is 11.6 Å². The van der Waals surface area contributed by atoms with Gasteiger partial charge in [0.1, 0.15) is 0 Å². The Balaban J connectivity index is 2.45. The third-order valence-electron chi connectivity index (χ3n) is 3.58. The minimum atomic E-state index is 0.636. The normalized spacial score (nSPS) is 11.8. The van der Waals surface area contributed by atoms with Crippen molar-refractivity contribution < 1.29 is 0 Å². The van der Waals surface area contributed by atoms with Crippen molar-refractivity contribution in [3.8, 4) is 17.2 Å². The lowest BCUT2D eigenvalue weighted by atomic mass is 9.91. The van der Waals surface area contributed by atoms with Crippen LogP contribution in [0, 0.1) is 17.2 Å². The Labute approximate surface area is 115 Å². The Hall–Kier alpha value is -2.07. The Bertz CT molecular complexity index is 578. The molecule has 0 fully saturated rings. The van der Waals surface area contributed by atoms with Crippen molar-refractivity contribution in [3.63, 3.8) is 0 Å². The van der Waals surface area contributed by atoms with E-state index in [1.54, 1.807) is 0 Å². The molecule has 0 aliphatic heterocycles. The zero-order chi connectivity index (χ0) is 13.7. The van der Waals surface area contributed by atoms with Gasteiger partial charge in [-0.3, -0.25) is 0 Å². The van der Waals surface area contributed by atoms with E-state index in [-0.39, 0.29) is 0 Å². The molecule has 1 nitrogen and oxygen atoms in total. The van der Waals surface area contributed by atoms with Gasteiger partial charge in [0.15, 0.2) is 0 Å². The lowest BCUT2D eigenvalue weighted by molar-refractivity contribution is 0.561. The topological polar surface area (TPSA) is 23.8 Å². The largest absolute Gasteiger partial charge is 0.192 e. The maximum Gasteiger partial charge on any atom is 0.0991 e. The van der Waals surface area contributed by atoms with E-state index in [0.29, 0.717) is 5.92 Å². The third-order valence-corrected chi connectivity index (χ3v) is 3.58. The monoisotopic (exact) mass is 249 g/mol. The molecule has 19 heavy (non-hydrogen) atoms. The van der Waals surface area contributed by atoms with E-state index < -0.39 is 0 Å². The fourth-order valence-corrected chi connectivity index (χ4v) is 2.25. The lowest BCUT2D eigenvalue weighted by Crippen LogP contribution is -2.00. The quantitative estimate of drug-likeness (QED) is 0.762. The summed E-state index contributed by atoms with van der Waals surface area (Å²) in [6.07, 6.45) is 2.18. The Morgan fingerprint density at radius 2 is 1.84 bits per heavy atom. The van der Waals surface area contributed by atoms with E-state index in [4.69, 9.17) is 5.26 Å². The number of rotatable bonds is 4. The molecule has 0 bridgehead atoms. The Morgan fingerprint density at radius 3 is 2.47 bits per heavy atom. The standard InChI is InChI=1S/C18H19N/c1-3-14(2)11-17-12-15(13-19)9-10-18(17)16-7-5-4-6-8-16/h4-10,12,14H,3,11H2,1-2H3/t14-/m0/s1. The SMILES string of the molecule is CC[C@H](C)Cc1cc(C#N)ccc1-c1ccccc1. The Kier molecular flexibility index (Phi) is 4.36. The van der Waals surface area contributed by atoms with Gasteiger partial charge in [-0.2, -0.15) is 5.26 Å². The molecule has 2 rings (SSSR count). The van der Waals surface area contributed by atoms with Gasteiger partial charge in [-0.05, 0) is 41.2 Å². The molecular weight excluding hydrogens is 230 g/mol. The van der Waals surface area contributed by atoms with E-state index >= 15 is 0 Å². The molecule has 0 aromatic heterocycles. The molecule has 2 aromatic carbocycles. The van der Waals surface area contributed by atoms with Crippen LogP contribution in [0.1, 0.15) is 31.4 Å². The van der Waals surface area contributed by atoms with Crippen LogP contribution in [0.15, 0.2) is 48.5 Å². The number of nitriles is 1. The van der Waals surface area contributed by atoms with Gasteiger partial charge in [-0.1, -0.05) is 56.7 Å². The molecule has 0 aliphatic rings. The van der Waals surface area contributed by atoms with E-state index in [1.165, 1.54) is 16.7 Å². The van der Waals surface area contributed by atoms with Crippen LogP contribution >= 0.6 is 0 Å². The van der Waals surface area contributed by atoms with Crippen molar-refractivity contribution in [2.75, 3.05) is 0 Å². The summed E-state index contributed by atoms with van der Waals surface area (Å²) in [6, 6.07) is 18.6. The first-order valence-corrected chi connectivity index (χ1v) is 6.83. The molecule has 0 saturated carbocycles. The fraction of sp³-hybridized carbons (Fsp3) is 0.278. The lowest BCUT2D eigenvalue weighted by Gasteiger charge is -2.14. The van der Waals surface area contributed by atoms with E-state index in [2.05, 4.69) is 50.2 Å². The van der Waals surface area contributed by atoms with Crippen LogP contribution in [0.5, 0.6) is 0 Å². The first-order valence-electron chi connectivity index (χ1n) is 6.83. The van der Waals surface area contributed by atoms with Crippen LogP contribution in [0.2, 0.25) is 0 Å². The number of nitrogens with zero attached hydrogens (tertiary/aromatic N) is 1. The van der Waals surface area contributed by atoms with Gasteiger partial charge < -0.3 is 0 Å².